The van der Waals surface area contributed by atoms with Crippen molar-refractivity contribution in [1.82, 2.24) is 4.98 Å². The first kappa shape index (κ1) is 12.7. The van der Waals surface area contributed by atoms with Crippen LogP contribution < -0.4 is 4.74 Å². The summed E-state index contributed by atoms with van der Waals surface area (Å²) in [4.78, 5) is 2.60. The van der Waals surface area contributed by atoms with Crippen LogP contribution in [0.2, 0.25) is 0 Å². The number of aromatic nitrogens is 1. The summed E-state index contributed by atoms with van der Waals surface area (Å²) in [5.74, 6) is -5.18. The summed E-state index contributed by atoms with van der Waals surface area (Å²) in [6, 6.07) is 0. The molecule has 1 heterocycles. The minimum Gasteiger partial charge on any atom is -0.490 e. The Balaban J connectivity index is 3.02. The summed E-state index contributed by atoms with van der Waals surface area (Å²) >= 11 is 0. The average Bonchev–Trinajstić information content (AvgIpc) is 2.25. The van der Waals surface area contributed by atoms with E-state index in [-0.39, 0.29) is 6.61 Å². The maximum Gasteiger partial charge on any atom is 0.255 e. The minimum atomic E-state index is -1.62. The Morgan fingerprint density at radius 1 is 1.19 bits per heavy atom. The molecule has 0 saturated heterocycles. The van der Waals surface area contributed by atoms with Crippen molar-refractivity contribution in [2.45, 2.75) is 26.4 Å². The molecule has 0 aliphatic carbocycles. The van der Waals surface area contributed by atoms with Gasteiger partial charge in [0.25, 0.3) is 5.95 Å². The zero-order valence-electron chi connectivity index (χ0n) is 8.70. The molecule has 0 aliphatic rings. The summed E-state index contributed by atoms with van der Waals surface area (Å²) in [7, 11) is 0. The van der Waals surface area contributed by atoms with E-state index in [1.165, 1.54) is 0 Å². The fourth-order valence-corrected chi connectivity index (χ4v) is 1.11. The quantitative estimate of drug-likeness (QED) is 0.446. The van der Waals surface area contributed by atoms with Gasteiger partial charge in [0.1, 0.15) is 6.67 Å². The van der Waals surface area contributed by atoms with Crippen LogP contribution in [0.25, 0.3) is 0 Å². The van der Waals surface area contributed by atoms with Crippen molar-refractivity contribution >= 4 is 0 Å². The maximum absolute atomic E-state index is 13.2. The average molecular weight is 237 g/mol. The van der Waals surface area contributed by atoms with Gasteiger partial charge >= 0.3 is 0 Å². The molecule has 0 spiro atoms. The van der Waals surface area contributed by atoms with Crippen molar-refractivity contribution < 1.29 is 22.3 Å². The van der Waals surface area contributed by atoms with Crippen molar-refractivity contribution in [2.24, 2.45) is 0 Å². The number of hydrogen-bond acceptors (Lipinski definition) is 2. The number of hydrogen-bond donors (Lipinski definition) is 0. The molecule has 0 amide bonds. The first-order valence-corrected chi connectivity index (χ1v) is 4.83. The molecular formula is C10H11F4NO. The number of nitrogens with zero attached hydrogens (tertiary/aromatic N) is 1. The smallest absolute Gasteiger partial charge is 0.255 e. The van der Waals surface area contributed by atoms with Crippen LogP contribution in [-0.4, -0.2) is 11.6 Å². The molecule has 6 heteroatoms. The van der Waals surface area contributed by atoms with Crippen LogP contribution in [0.5, 0.6) is 5.75 Å². The van der Waals surface area contributed by atoms with Crippen LogP contribution in [0.15, 0.2) is 0 Å². The van der Waals surface area contributed by atoms with Gasteiger partial charge in [0.2, 0.25) is 11.8 Å². The van der Waals surface area contributed by atoms with Crippen LogP contribution in [0.1, 0.15) is 25.3 Å². The third kappa shape index (κ3) is 2.62. The van der Waals surface area contributed by atoms with Gasteiger partial charge in [-0.05, 0) is 6.42 Å². The summed E-state index contributed by atoms with van der Waals surface area (Å²) in [5.41, 5.74) is -0.685. The second-order valence-corrected chi connectivity index (χ2v) is 3.15. The molecule has 0 bridgehead atoms. The van der Waals surface area contributed by atoms with Gasteiger partial charge < -0.3 is 4.74 Å². The van der Waals surface area contributed by atoms with E-state index >= 15 is 0 Å². The molecule has 1 rings (SSSR count). The van der Waals surface area contributed by atoms with Gasteiger partial charge in [-0.25, -0.2) is 4.39 Å². The number of ether oxygens (including phenoxy) is 1. The molecule has 0 unspecified atom stereocenters. The van der Waals surface area contributed by atoms with Gasteiger partial charge in [-0.15, -0.1) is 0 Å². The van der Waals surface area contributed by atoms with E-state index in [1.54, 1.807) is 0 Å². The Morgan fingerprint density at radius 3 is 2.44 bits per heavy atom. The molecule has 2 nitrogen and oxygen atoms in total. The lowest BCUT2D eigenvalue weighted by molar-refractivity contribution is 0.271. The predicted octanol–water partition coefficient (Wildman–Crippen LogP) is 3.15. The Kier molecular flexibility index (Phi) is 4.52. The van der Waals surface area contributed by atoms with Gasteiger partial charge in [-0.3, -0.25) is 0 Å². The van der Waals surface area contributed by atoms with Crippen molar-refractivity contribution in [2.75, 3.05) is 6.61 Å². The summed E-state index contributed by atoms with van der Waals surface area (Å²) < 4.78 is 56.1. The highest BCUT2D eigenvalue weighted by Crippen LogP contribution is 2.27. The van der Waals surface area contributed by atoms with Crippen LogP contribution in [0.3, 0.4) is 0 Å². The Morgan fingerprint density at radius 2 is 1.88 bits per heavy atom. The molecule has 0 aliphatic heterocycles. The summed E-state index contributed by atoms with van der Waals surface area (Å²) in [5, 5.41) is 0. The van der Waals surface area contributed by atoms with Crippen LogP contribution in [0, 0.1) is 17.7 Å². The lowest BCUT2D eigenvalue weighted by Crippen LogP contribution is -2.08. The molecule has 1 aromatic heterocycles. The van der Waals surface area contributed by atoms with E-state index in [0.29, 0.717) is 6.42 Å². The first-order valence-electron chi connectivity index (χ1n) is 4.83. The Hall–Kier alpha value is -1.33. The third-order valence-electron chi connectivity index (χ3n) is 1.98. The lowest BCUT2D eigenvalue weighted by Gasteiger charge is -2.10. The monoisotopic (exact) mass is 237 g/mol. The van der Waals surface area contributed by atoms with Crippen molar-refractivity contribution in [1.29, 1.82) is 0 Å². The summed E-state index contributed by atoms with van der Waals surface area (Å²) in [6.45, 7) is 0.643. The van der Waals surface area contributed by atoms with E-state index in [1.807, 2.05) is 6.92 Å². The first-order chi connectivity index (χ1) is 7.61. The highest BCUT2D eigenvalue weighted by molar-refractivity contribution is 5.32. The number of pyridine rings is 1. The van der Waals surface area contributed by atoms with Crippen LogP contribution in [0.4, 0.5) is 17.6 Å². The zero-order chi connectivity index (χ0) is 12.1. The third-order valence-corrected chi connectivity index (χ3v) is 1.98. The van der Waals surface area contributed by atoms with Crippen molar-refractivity contribution in [3.8, 4) is 5.75 Å². The SMILES string of the molecule is CCCCOc1c(F)c(F)nc(F)c1CF. The predicted molar refractivity (Wildman–Crippen MR) is 49.3 cm³/mol. The van der Waals surface area contributed by atoms with E-state index in [4.69, 9.17) is 4.74 Å². The second kappa shape index (κ2) is 5.67. The normalized spacial score (nSPS) is 10.6. The largest absolute Gasteiger partial charge is 0.490 e. The fourth-order valence-electron chi connectivity index (χ4n) is 1.11. The molecule has 0 aromatic carbocycles. The lowest BCUT2D eigenvalue weighted by atomic mass is 10.2. The summed E-state index contributed by atoms with van der Waals surface area (Å²) in [6.07, 6.45) is 1.35. The molecule has 0 N–H and O–H groups in total. The van der Waals surface area contributed by atoms with Crippen LogP contribution in [-0.2, 0) is 6.67 Å². The number of halogens is 4. The number of unbranched alkanes of at least 4 members (excludes halogenated alkanes) is 1. The number of alkyl halides is 1. The van der Waals surface area contributed by atoms with E-state index in [0.717, 1.165) is 6.42 Å². The fraction of sp³-hybridized carbons (Fsp3) is 0.500. The standard InChI is InChI=1S/C10H11F4NO/c1-2-3-4-16-8-6(5-11)9(13)15-10(14)7(8)12/h2-5H2,1H3. The minimum absolute atomic E-state index is 0.0727. The zero-order valence-corrected chi connectivity index (χ0v) is 8.70. The Labute approximate surface area is 90.3 Å². The highest BCUT2D eigenvalue weighted by Gasteiger charge is 2.21. The molecule has 16 heavy (non-hydrogen) atoms. The molecule has 90 valence electrons. The second-order valence-electron chi connectivity index (χ2n) is 3.15. The molecule has 0 saturated carbocycles. The van der Waals surface area contributed by atoms with Crippen LogP contribution >= 0.6 is 0 Å². The number of rotatable bonds is 5. The van der Waals surface area contributed by atoms with Crippen molar-refractivity contribution in [3.63, 3.8) is 0 Å². The molecular weight excluding hydrogens is 226 g/mol. The van der Waals surface area contributed by atoms with Gasteiger partial charge in [0.15, 0.2) is 5.75 Å². The topological polar surface area (TPSA) is 22.1 Å². The highest BCUT2D eigenvalue weighted by atomic mass is 19.2. The van der Waals surface area contributed by atoms with E-state index in [9.17, 15) is 17.6 Å². The van der Waals surface area contributed by atoms with Gasteiger partial charge in [0, 0.05) is 0 Å². The van der Waals surface area contributed by atoms with E-state index in [2.05, 4.69) is 4.98 Å². The van der Waals surface area contributed by atoms with E-state index < -0.39 is 35.7 Å². The Bertz CT molecular complexity index is 370. The molecule has 1 aromatic rings. The van der Waals surface area contributed by atoms with Gasteiger partial charge in [-0.2, -0.15) is 18.2 Å². The molecule has 0 fully saturated rings. The van der Waals surface area contributed by atoms with Gasteiger partial charge in [-0.1, -0.05) is 13.3 Å². The van der Waals surface area contributed by atoms with Gasteiger partial charge in [0.05, 0.1) is 12.2 Å². The van der Waals surface area contributed by atoms with Crippen molar-refractivity contribution in [3.05, 3.63) is 23.3 Å². The maximum atomic E-state index is 13.2. The molecule has 0 atom stereocenters. The molecule has 0 radical (unpaired) electrons.